The van der Waals surface area contributed by atoms with Crippen molar-refractivity contribution in [3.63, 3.8) is 0 Å². The Morgan fingerprint density at radius 3 is 0.733 bits per heavy atom. The first-order valence-electron chi connectivity index (χ1n) is 1.51. The van der Waals surface area contributed by atoms with Gasteiger partial charge >= 0.3 is 109 Å². The van der Waals surface area contributed by atoms with Crippen LogP contribution in [0, 0.1) is 0 Å². The molecule has 0 spiro atoms. The molecule has 15 heavy (non-hydrogen) atoms. The van der Waals surface area contributed by atoms with Gasteiger partial charge in [0.1, 0.15) is 0 Å². The molecule has 8 nitrogen and oxygen atoms in total. The normalized spacial score (nSPS) is 3.60. The Bertz CT molecular complexity index is 96.1. The van der Waals surface area contributed by atoms with Gasteiger partial charge in [-0.3, -0.25) is 0 Å². The average molecular weight is 873 g/mol. The third-order valence-corrected chi connectivity index (χ3v) is 0. The van der Waals surface area contributed by atoms with Gasteiger partial charge in [-0.1, -0.05) is 0 Å². The summed E-state index contributed by atoms with van der Waals surface area (Å²) >= 11 is 0.958. The molecule has 0 saturated carbocycles. The van der Waals surface area contributed by atoms with E-state index in [1.165, 1.54) is 0 Å². The second-order valence-corrected chi connectivity index (χ2v) is 0.500. The second kappa shape index (κ2) is 56.0. The zero-order valence-electron chi connectivity index (χ0n) is 6.96. The Hall–Kier alpha value is 2.07. The van der Waals surface area contributed by atoms with Crippen molar-refractivity contribution in [3.05, 3.63) is 0 Å². The molecule has 0 aromatic heterocycles. The first-order valence-corrected chi connectivity index (χ1v) is 5.72. The van der Waals surface area contributed by atoms with Gasteiger partial charge in [-0.25, -0.2) is 0 Å². The van der Waals surface area contributed by atoms with Crippen molar-refractivity contribution in [3.8, 4) is 0 Å². The molecule has 0 heterocycles. The molecule has 0 amide bonds. The maximum absolute atomic E-state index is 8.33. The molecule has 0 aliphatic rings. The van der Waals surface area contributed by atoms with Crippen LogP contribution in [-0.2, 0) is 16.6 Å². The van der Waals surface area contributed by atoms with Crippen LogP contribution in [-0.4, -0.2) is 105 Å². The van der Waals surface area contributed by atoms with Gasteiger partial charge in [0, 0.05) is 0 Å². The van der Waals surface area contributed by atoms with E-state index in [0.29, 0.717) is 0 Å². The van der Waals surface area contributed by atoms with Gasteiger partial charge in [0.15, 0.2) is 0 Å². The molecule has 0 aliphatic heterocycles. The second-order valence-electron chi connectivity index (χ2n) is 0.500. The predicted molar refractivity (Wildman–Crippen MR) is 39.5 cm³/mol. The van der Waals surface area contributed by atoms with E-state index in [2.05, 4.69) is 10.1 Å². The van der Waals surface area contributed by atoms with E-state index in [1.807, 2.05) is 0 Å². The van der Waals surface area contributed by atoms with Crippen LogP contribution >= 0.6 is 10.1 Å². The molecule has 0 aromatic carbocycles. The fraction of sp³-hybridized carbons (Fsp3) is 0. The van der Waals surface area contributed by atoms with Crippen molar-refractivity contribution in [2.45, 2.75) is 0 Å². The van der Waals surface area contributed by atoms with Crippen LogP contribution in [0.2, 0.25) is 0 Å². The molecular formula is C2H2O8Pb3SZn. The fourth-order valence-electron chi connectivity index (χ4n) is 0. The number of hydrogen-bond acceptors (Lipinski definition) is 9. The van der Waals surface area contributed by atoms with Gasteiger partial charge in [0.05, 0.1) is 0 Å². The summed E-state index contributed by atoms with van der Waals surface area (Å²) in [7, 11) is 4.21. The SMILES string of the molecule is O=C([O-])[O-].O=C([O-])[O-].[OH-].[OH-].[Pb+2].[Pb+2].[Pb+2].[S]=[Zn]. The summed E-state index contributed by atoms with van der Waals surface area (Å²) < 4.78 is 0. The van der Waals surface area contributed by atoms with Gasteiger partial charge < -0.3 is 41.0 Å². The summed E-state index contributed by atoms with van der Waals surface area (Å²) in [5.41, 5.74) is 0. The molecular weight excluding hydrogens is 871 g/mol. The topological polar surface area (TPSA) is 186 Å². The Kier molecular flexibility index (Phi) is 200. The maximum atomic E-state index is 8.33. The van der Waals surface area contributed by atoms with E-state index in [1.54, 1.807) is 0 Å². The van der Waals surface area contributed by atoms with Crippen LogP contribution in [0.4, 0.5) is 9.59 Å². The zero-order valence-corrected chi connectivity index (χ0v) is 22.4. The first kappa shape index (κ1) is 53.6. The molecule has 13 heteroatoms. The summed E-state index contributed by atoms with van der Waals surface area (Å²) in [5, 5.41) is 33.3. The summed E-state index contributed by atoms with van der Waals surface area (Å²) in [4.78, 5) is 16.7. The average Bonchev–Trinajstić information content (AvgIpc) is 1.66. The van der Waals surface area contributed by atoms with E-state index >= 15 is 0 Å². The third kappa shape index (κ3) is 743. The van der Waals surface area contributed by atoms with Crippen LogP contribution < -0.4 is 20.4 Å². The number of carbonyl (C=O) groups excluding carboxylic acids is 2. The minimum atomic E-state index is -2.33. The quantitative estimate of drug-likeness (QED) is 0.214. The van der Waals surface area contributed by atoms with Crippen molar-refractivity contribution in [1.29, 1.82) is 0 Å². The van der Waals surface area contributed by atoms with Gasteiger partial charge in [-0.2, -0.15) is 0 Å². The van der Waals surface area contributed by atoms with Crippen LogP contribution in [0.3, 0.4) is 0 Å². The summed E-state index contributed by atoms with van der Waals surface area (Å²) in [6.07, 6.45) is -4.67. The van der Waals surface area contributed by atoms with Crippen molar-refractivity contribution in [1.82, 2.24) is 0 Å². The van der Waals surface area contributed by atoms with E-state index in [0.717, 1.165) is 16.6 Å². The first-order chi connectivity index (χ1) is 4.46. The van der Waals surface area contributed by atoms with Crippen LogP contribution in [0.5, 0.6) is 0 Å². The molecule has 2 N–H and O–H groups in total. The van der Waals surface area contributed by atoms with E-state index in [9.17, 15) is 0 Å². The summed E-state index contributed by atoms with van der Waals surface area (Å²) in [5.74, 6) is 0. The molecule has 0 unspecified atom stereocenters. The van der Waals surface area contributed by atoms with E-state index in [-0.39, 0.29) is 92.8 Å². The monoisotopic (exact) mass is 874 g/mol. The van der Waals surface area contributed by atoms with Crippen LogP contribution in [0.15, 0.2) is 0 Å². The van der Waals surface area contributed by atoms with Gasteiger partial charge in [0.2, 0.25) is 0 Å². The molecule has 0 aromatic rings. The van der Waals surface area contributed by atoms with Gasteiger partial charge in [-0.05, 0) is 12.3 Å². The molecule has 6 radical (unpaired) electrons. The third-order valence-electron chi connectivity index (χ3n) is 0. The Morgan fingerprint density at radius 1 is 0.733 bits per heavy atom. The number of carboxylic acid groups (broad SMARTS) is 4. The van der Waals surface area contributed by atoms with Gasteiger partial charge in [-0.15, -0.1) is 0 Å². The molecule has 78 valence electrons. The fourth-order valence-corrected chi connectivity index (χ4v) is 0. The molecule has 0 saturated heterocycles. The Balaban J connectivity index is -0.00000000726. The predicted octanol–water partition coefficient (Wildman–Crippen LogP) is -5.74. The number of carbonyl (C=O) groups is 2. The van der Waals surface area contributed by atoms with E-state index in [4.69, 9.17) is 30.0 Å². The molecule has 0 atom stereocenters. The summed E-state index contributed by atoms with van der Waals surface area (Å²) in [6.45, 7) is 0. The molecule has 0 aliphatic carbocycles. The Labute approximate surface area is 159 Å². The molecule has 0 fully saturated rings. The number of rotatable bonds is 0. The Morgan fingerprint density at radius 2 is 0.733 bits per heavy atom. The standard InChI is InChI=1S/2CH2O3.2H2O.3Pb.S.Zn/c2*2-1(3)4;;;;;;;/h2*(H2,2,3,4);2*1H2;;;;;/q;;;;3*+2;;/p-6. The van der Waals surface area contributed by atoms with Crippen LogP contribution in [0.1, 0.15) is 0 Å². The van der Waals surface area contributed by atoms with E-state index < -0.39 is 12.3 Å². The van der Waals surface area contributed by atoms with Crippen molar-refractivity contribution >= 4 is 104 Å². The van der Waals surface area contributed by atoms with Crippen molar-refractivity contribution in [2.24, 2.45) is 0 Å². The molecule has 0 bridgehead atoms. The summed E-state index contributed by atoms with van der Waals surface area (Å²) in [6, 6.07) is 0. The van der Waals surface area contributed by atoms with Crippen LogP contribution in [0.25, 0.3) is 0 Å². The van der Waals surface area contributed by atoms with Crippen molar-refractivity contribution < 1.29 is 57.5 Å². The minimum absolute atomic E-state index is 0. The van der Waals surface area contributed by atoms with Crippen molar-refractivity contribution in [2.75, 3.05) is 0 Å². The van der Waals surface area contributed by atoms with Gasteiger partial charge in [0.25, 0.3) is 0 Å². The zero-order chi connectivity index (χ0) is 9.15. The molecule has 0 rings (SSSR count). The number of hydrogen-bond donors (Lipinski definition) is 0.